The Kier molecular flexibility index (Phi) is 4.18. The van der Waals surface area contributed by atoms with Crippen molar-refractivity contribution in [3.8, 4) is 0 Å². The molecule has 4 heteroatoms. The van der Waals surface area contributed by atoms with E-state index in [1.54, 1.807) is 0 Å². The SMILES string of the molecule is CCn1cncc1CNCc1cccc(Cl)c1. The van der Waals surface area contributed by atoms with Crippen LogP contribution in [0.3, 0.4) is 0 Å². The van der Waals surface area contributed by atoms with Crippen molar-refractivity contribution in [3.05, 3.63) is 53.1 Å². The van der Waals surface area contributed by atoms with Crippen LogP contribution in [0.2, 0.25) is 5.02 Å². The maximum Gasteiger partial charge on any atom is 0.0948 e. The van der Waals surface area contributed by atoms with E-state index < -0.39 is 0 Å². The minimum absolute atomic E-state index is 0.780. The van der Waals surface area contributed by atoms with Crippen LogP contribution in [0.1, 0.15) is 18.2 Å². The fourth-order valence-corrected chi connectivity index (χ4v) is 1.97. The van der Waals surface area contributed by atoms with E-state index in [2.05, 4.69) is 27.9 Å². The van der Waals surface area contributed by atoms with Gasteiger partial charge in [0.25, 0.3) is 0 Å². The highest BCUT2D eigenvalue weighted by Crippen LogP contribution is 2.10. The van der Waals surface area contributed by atoms with Crippen LogP contribution >= 0.6 is 11.6 Å². The number of halogens is 1. The van der Waals surface area contributed by atoms with E-state index in [-0.39, 0.29) is 0 Å². The molecule has 0 bridgehead atoms. The first-order chi connectivity index (χ1) is 8.29. The number of hydrogen-bond acceptors (Lipinski definition) is 2. The molecule has 0 saturated heterocycles. The zero-order valence-electron chi connectivity index (χ0n) is 9.86. The van der Waals surface area contributed by atoms with Gasteiger partial charge in [-0.25, -0.2) is 4.98 Å². The van der Waals surface area contributed by atoms with Crippen LogP contribution in [-0.4, -0.2) is 9.55 Å². The summed E-state index contributed by atoms with van der Waals surface area (Å²) < 4.78 is 2.13. The van der Waals surface area contributed by atoms with Gasteiger partial charge in [0.05, 0.1) is 12.0 Å². The Hall–Kier alpha value is -1.32. The summed E-state index contributed by atoms with van der Waals surface area (Å²) in [5.41, 5.74) is 2.40. The molecule has 17 heavy (non-hydrogen) atoms. The molecule has 0 atom stereocenters. The molecule has 1 aromatic carbocycles. The molecule has 3 nitrogen and oxygen atoms in total. The predicted octanol–water partition coefficient (Wildman–Crippen LogP) is 2.85. The molecule has 0 radical (unpaired) electrons. The molecule has 1 N–H and O–H groups in total. The Morgan fingerprint density at radius 1 is 1.35 bits per heavy atom. The number of benzene rings is 1. The summed E-state index contributed by atoms with van der Waals surface area (Å²) in [7, 11) is 0. The molecule has 0 unspecified atom stereocenters. The van der Waals surface area contributed by atoms with Crippen LogP contribution in [0.15, 0.2) is 36.8 Å². The molecule has 0 amide bonds. The Morgan fingerprint density at radius 3 is 3.00 bits per heavy atom. The summed E-state index contributed by atoms with van der Waals surface area (Å²) in [5, 5.41) is 4.17. The van der Waals surface area contributed by atoms with E-state index in [0.717, 1.165) is 24.7 Å². The summed E-state index contributed by atoms with van der Waals surface area (Å²) in [6.07, 6.45) is 3.75. The molecule has 2 rings (SSSR count). The van der Waals surface area contributed by atoms with Crippen LogP contribution in [0.4, 0.5) is 0 Å². The van der Waals surface area contributed by atoms with Gasteiger partial charge >= 0.3 is 0 Å². The third-order valence-electron chi connectivity index (χ3n) is 2.66. The van der Waals surface area contributed by atoms with Gasteiger partial charge in [0.2, 0.25) is 0 Å². The number of aryl methyl sites for hydroxylation is 1. The van der Waals surface area contributed by atoms with E-state index in [0.29, 0.717) is 0 Å². The second-order valence-electron chi connectivity index (χ2n) is 3.90. The van der Waals surface area contributed by atoms with Gasteiger partial charge in [-0.05, 0) is 24.6 Å². The van der Waals surface area contributed by atoms with E-state index in [9.17, 15) is 0 Å². The number of imidazole rings is 1. The van der Waals surface area contributed by atoms with Crippen molar-refractivity contribution in [2.45, 2.75) is 26.6 Å². The second-order valence-corrected chi connectivity index (χ2v) is 4.34. The Labute approximate surface area is 106 Å². The van der Waals surface area contributed by atoms with Crippen molar-refractivity contribution < 1.29 is 0 Å². The molecule has 90 valence electrons. The largest absolute Gasteiger partial charge is 0.334 e. The molecule has 0 spiro atoms. The molecule has 0 aliphatic rings. The second kappa shape index (κ2) is 5.84. The maximum absolute atomic E-state index is 5.93. The molecular weight excluding hydrogens is 234 g/mol. The van der Waals surface area contributed by atoms with Crippen LogP contribution in [0.25, 0.3) is 0 Å². The summed E-state index contributed by atoms with van der Waals surface area (Å²) in [6, 6.07) is 7.90. The first-order valence-electron chi connectivity index (χ1n) is 5.73. The standard InChI is InChI=1S/C13H16ClN3/c1-2-17-10-16-9-13(17)8-15-7-11-4-3-5-12(14)6-11/h3-6,9-10,15H,2,7-8H2,1H3. The summed E-state index contributed by atoms with van der Waals surface area (Å²) in [6.45, 7) is 4.70. The van der Waals surface area contributed by atoms with Crippen LogP contribution < -0.4 is 5.32 Å². The summed E-state index contributed by atoms with van der Waals surface area (Å²) in [5.74, 6) is 0. The molecule has 1 heterocycles. The van der Waals surface area contributed by atoms with Gasteiger partial charge in [-0.3, -0.25) is 0 Å². The molecule has 2 aromatic rings. The molecule has 1 aromatic heterocycles. The predicted molar refractivity (Wildman–Crippen MR) is 69.9 cm³/mol. The van der Waals surface area contributed by atoms with E-state index in [1.807, 2.05) is 30.7 Å². The number of rotatable bonds is 5. The van der Waals surface area contributed by atoms with Crippen molar-refractivity contribution in [3.63, 3.8) is 0 Å². The van der Waals surface area contributed by atoms with Crippen LogP contribution in [-0.2, 0) is 19.6 Å². The van der Waals surface area contributed by atoms with Gasteiger partial charge in [0.15, 0.2) is 0 Å². The lowest BCUT2D eigenvalue weighted by Crippen LogP contribution is -2.15. The molecule has 0 saturated carbocycles. The van der Waals surface area contributed by atoms with Crippen molar-refractivity contribution in [1.29, 1.82) is 0 Å². The van der Waals surface area contributed by atoms with Crippen molar-refractivity contribution in [2.24, 2.45) is 0 Å². The zero-order valence-corrected chi connectivity index (χ0v) is 10.6. The monoisotopic (exact) mass is 249 g/mol. The van der Waals surface area contributed by atoms with Crippen molar-refractivity contribution >= 4 is 11.6 Å². The average molecular weight is 250 g/mol. The van der Waals surface area contributed by atoms with E-state index in [1.165, 1.54) is 11.3 Å². The third kappa shape index (κ3) is 3.32. The molecule has 0 aliphatic heterocycles. The fraction of sp³-hybridized carbons (Fsp3) is 0.308. The summed E-state index contributed by atoms with van der Waals surface area (Å²) >= 11 is 5.93. The first kappa shape index (κ1) is 12.1. The lowest BCUT2D eigenvalue weighted by Gasteiger charge is -2.07. The maximum atomic E-state index is 5.93. The smallest absolute Gasteiger partial charge is 0.0948 e. The highest BCUT2D eigenvalue weighted by Gasteiger charge is 2.00. The van der Waals surface area contributed by atoms with E-state index in [4.69, 9.17) is 11.6 Å². The number of hydrogen-bond donors (Lipinski definition) is 1. The van der Waals surface area contributed by atoms with Crippen molar-refractivity contribution in [2.75, 3.05) is 0 Å². The highest BCUT2D eigenvalue weighted by atomic mass is 35.5. The average Bonchev–Trinajstić information content (AvgIpc) is 2.77. The molecule has 0 aliphatic carbocycles. The van der Waals surface area contributed by atoms with Gasteiger partial charge in [-0.1, -0.05) is 23.7 Å². The lowest BCUT2D eigenvalue weighted by atomic mass is 10.2. The first-order valence-corrected chi connectivity index (χ1v) is 6.11. The minimum atomic E-state index is 0.780. The number of nitrogens with zero attached hydrogens (tertiary/aromatic N) is 2. The van der Waals surface area contributed by atoms with Crippen LogP contribution in [0, 0.1) is 0 Å². The Morgan fingerprint density at radius 2 is 2.24 bits per heavy atom. The highest BCUT2D eigenvalue weighted by molar-refractivity contribution is 6.30. The van der Waals surface area contributed by atoms with Gasteiger partial charge in [0, 0.05) is 30.9 Å². The van der Waals surface area contributed by atoms with E-state index >= 15 is 0 Å². The molecule has 0 fully saturated rings. The minimum Gasteiger partial charge on any atom is -0.334 e. The fourth-order valence-electron chi connectivity index (χ4n) is 1.76. The normalized spacial score (nSPS) is 10.7. The number of aromatic nitrogens is 2. The van der Waals surface area contributed by atoms with Crippen LogP contribution in [0.5, 0.6) is 0 Å². The van der Waals surface area contributed by atoms with Gasteiger partial charge < -0.3 is 9.88 Å². The zero-order chi connectivity index (χ0) is 12.1. The Bertz CT molecular complexity index is 479. The quantitative estimate of drug-likeness (QED) is 0.883. The number of nitrogens with one attached hydrogen (secondary N) is 1. The molecular formula is C13H16ClN3. The van der Waals surface area contributed by atoms with Crippen molar-refractivity contribution in [1.82, 2.24) is 14.9 Å². The topological polar surface area (TPSA) is 29.9 Å². The van der Waals surface area contributed by atoms with Gasteiger partial charge in [0.1, 0.15) is 0 Å². The Balaban J connectivity index is 1.87. The van der Waals surface area contributed by atoms with Gasteiger partial charge in [-0.15, -0.1) is 0 Å². The summed E-state index contributed by atoms with van der Waals surface area (Å²) in [4.78, 5) is 4.13. The third-order valence-corrected chi connectivity index (χ3v) is 2.90. The lowest BCUT2D eigenvalue weighted by molar-refractivity contribution is 0.628. The van der Waals surface area contributed by atoms with Gasteiger partial charge in [-0.2, -0.15) is 0 Å².